The van der Waals surface area contributed by atoms with Crippen LogP contribution in [0.25, 0.3) is 0 Å². The molecule has 1 aromatic heterocycles. The lowest BCUT2D eigenvalue weighted by atomic mass is 10.1. The van der Waals surface area contributed by atoms with E-state index in [2.05, 4.69) is 5.32 Å². The van der Waals surface area contributed by atoms with Crippen LogP contribution in [0.3, 0.4) is 0 Å². The van der Waals surface area contributed by atoms with Crippen molar-refractivity contribution in [3.8, 4) is 0 Å². The minimum Gasteiger partial charge on any atom is -0.321 e. The molecular formula is C14H13Cl2NOS. The molecule has 0 aliphatic carbocycles. The maximum absolute atomic E-state index is 12.1. The molecule has 2 nitrogen and oxygen atoms in total. The molecule has 0 aliphatic rings. The van der Waals surface area contributed by atoms with Gasteiger partial charge in [-0.3, -0.25) is 4.79 Å². The van der Waals surface area contributed by atoms with Crippen molar-refractivity contribution in [2.75, 3.05) is 11.2 Å². The van der Waals surface area contributed by atoms with Crippen LogP contribution in [0.2, 0.25) is 5.02 Å². The minimum absolute atomic E-state index is 0.173. The van der Waals surface area contributed by atoms with E-state index in [4.69, 9.17) is 23.2 Å². The Morgan fingerprint density at radius 1 is 1.32 bits per heavy atom. The lowest BCUT2D eigenvalue weighted by Gasteiger charge is -2.05. The summed E-state index contributed by atoms with van der Waals surface area (Å²) in [4.78, 5) is 12.6. The largest absolute Gasteiger partial charge is 0.321 e. The minimum atomic E-state index is -0.173. The van der Waals surface area contributed by atoms with E-state index < -0.39 is 0 Å². The third-order valence-corrected chi connectivity index (χ3v) is 4.59. The number of hydrogen-bond donors (Lipinski definition) is 1. The van der Waals surface area contributed by atoms with Gasteiger partial charge in [-0.05, 0) is 42.0 Å². The van der Waals surface area contributed by atoms with Crippen molar-refractivity contribution in [2.24, 2.45) is 0 Å². The summed E-state index contributed by atoms with van der Waals surface area (Å²) < 4.78 is 0. The van der Waals surface area contributed by atoms with Gasteiger partial charge in [0.1, 0.15) is 4.88 Å². The van der Waals surface area contributed by atoms with E-state index >= 15 is 0 Å². The first-order chi connectivity index (χ1) is 9.11. The Morgan fingerprint density at radius 3 is 2.53 bits per heavy atom. The highest BCUT2D eigenvalue weighted by Gasteiger charge is 2.14. The number of benzene rings is 1. The molecule has 5 heteroatoms. The van der Waals surface area contributed by atoms with Gasteiger partial charge in [0, 0.05) is 11.6 Å². The quantitative estimate of drug-likeness (QED) is 0.811. The van der Waals surface area contributed by atoms with Crippen LogP contribution in [0.4, 0.5) is 5.69 Å². The van der Waals surface area contributed by atoms with Gasteiger partial charge in [0.2, 0.25) is 0 Å². The Balaban J connectivity index is 2.08. The van der Waals surface area contributed by atoms with Crippen LogP contribution in [0, 0.1) is 6.92 Å². The van der Waals surface area contributed by atoms with Crippen molar-refractivity contribution < 1.29 is 4.79 Å². The highest BCUT2D eigenvalue weighted by atomic mass is 35.5. The third kappa shape index (κ3) is 3.50. The van der Waals surface area contributed by atoms with Crippen molar-refractivity contribution in [3.63, 3.8) is 0 Å². The first-order valence-corrected chi connectivity index (χ1v) is 7.61. The zero-order chi connectivity index (χ0) is 13.8. The molecule has 0 saturated carbocycles. The fraction of sp³-hybridized carbons (Fsp3) is 0.214. The number of anilines is 1. The van der Waals surface area contributed by atoms with Crippen LogP contribution in [-0.4, -0.2) is 11.8 Å². The molecule has 0 atom stereocenters. The molecule has 100 valence electrons. The van der Waals surface area contributed by atoms with Gasteiger partial charge in [-0.15, -0.1) is 22.9 Å². The molecule has 0 saturated heterocycles. The van der Waals surface area contributed by atoms with Crippen LogP contribution >= 0.6 is 34.5 Å². The standard InChI is InChI=1S/C14H13Cl2NOS/c1-9-8-19-13(12(9)16)14(18)17-11-4-2-10(3-5-11)6-7-15/h2-5,8H,6-7H2,1H3,(H,17,18). The monoisotopic (exact) mass is 313 g/mol. The summed E-state index contributed by atoms with van der Waals surface area (Å²) in [6, 6.07) is 7.65. The fourth-order valence-electron chi connectivity index (χ4n) is 1.63. The second kappa shape index (κ2) is 6.42. The number of rotatable bonds is 4. The molecule has 1 N–H and O–H groups in total. The second-order valence-electron chi connectivity index (χ2n) is 4.15. The van der Waals surface area contributed by atoms with Crippen LogP contribution in [0.5, 0.6) is 0 Å². The van der Waals surface area contributed by atoms with Crippen LogP contribution in [-0.2, 0) is 6.42 Å². The summed E-state index contributed by atoms with van der Waals surface area (Å²) in [7, 11) is 0. The maximum Gasteiger partial charge on any atom is 0.267 e. The Kier molecular flexibility index (Phi) is 4.86. The number of alkyl halides is 1. The predicted octanol–water partition coefficient (Wildman–Crippen LogP) is 4.74. The molecule has 0 radical (unpaired) electrons. The molecule has 1 amide bonds. The van der Waals surface area contributed by atoms with E-state index in [0.717, 1.165) is 23.2 Å². The van der Waals surface area contributed by atoms with Crippen molar-refractivity contribution in [1.82, 2.24) is 0 Å². The molecule has 2 rings (SSSR count). The topological polar surface area (TPSA) is 29.1 Å². The van der Waals surface area contributed by atoms with Crippen molar-refractivity contribution >= 4 is 46.1 Å². The highest BCUT2D eigenvalue weighted by molar-refractivity contribution is 7.13. The van der Waals surface area contributed by atoms with Gasteiger partial charge in [-0.2, -0.15) is 0 Å². The molecule has 0 fully saturated rings. The van der Waals surface area contributed by atoms with E-state index in [1.807, 2.05) is 36.6 Å². The van der Waals surface area contributed by atoms with Crippen molar-refractivity contribution in [2.45, 2.75) is 13.3 Å². The third-order valence-electron chi connectivity index (χ3n) is 2.70. The molecule has 0 unspecified atom stereocenters. The first-order valence-electron chi connectivity index (χ1n) is 5.81. The summed E-state index contributed by atoms with van der Waals surface area (Å²) in [5.74, 6) is 0.420. The highest BCUT2D eigenvalue weighted by Crippen LogP contribution is 2.27. The Morgan fingerprint density at radius 2 is 2.00 bits per heavy atom. The van der Waals surface area contributed by atoms with E-state index in [1.165, 1.54) is 11.3 Å². The summed E-state index contributed by atoms with van der Waals surface area (Å²) >= 11 is 13.1. The Hall–Kier alpha value is -1.03. The zero-order valence-corrected chi connectivity index (χ0v) is 12.7. The number of carbonyl (C=O) groups excluding carboxylic acids is 1. The van der Waals surface area contributed by atoms with Gasteiger partial charge in [-0.1, -0.05) is 23.7 Å². The Bertz CT molecular complexity index is 578. The van der Waals surface area contributed by atoms with E-state index in [1.54, 1.807) is 0 Å². The summed E-state index contributed by atoms with van der Waals surface area (Å²) in [5.41, 5.74) is 2.83. The number of hydrogen-bond acceptors (Lipinski definition) is 2. The summed E-state index contributed by atoms with van der Waals surface area (Å²) in [6.45, 7) is 1.89. The van der Waals surface area contributed by atoms with Gasteiger partial charge in [0.25, 0.3) is 5.91 Å². The number of amides is 1. The predicted molar refractivity (Wildman–Crippen MR) is 82.9 cm³/mol. The van der Waals surface area contributed by atoms with E-state index in [9.17, 15) is 4.79 Å². The summed E-state index contributed by atoms with van der Waals surface area (Å²) in [6.07, 6.45) is 0.825. The molecular weight excluding hydrogens is 301 g/mol. The lowest BCUT2D eigenvalue weighted by Crippen LogP contribution is -2.10. The smallest absolute Gasteiger partial charge is 0.267 e. The van der Waals surface area contributed by atoms with E-state index in [0.29, 0.717) is 15.8 Å². The normalized spacial score (nSPS) is 10.5. The van der Waals surface area contributed by atoms with Crippen LogP contribution in [0.15, 0.2) is 29.6 Å². The van der Waals surface area contributed by atoms with E-state index in [-0.39, 0.29) is 5.91 Å². The molecule has 0 spiro atoms. The molecule has 2 aromatic rings. The average molecular weight is 314 g/mol. The molecule has 19 heavy (non-hydrogen) atoms. The average Bonchev–Trinajstić information content (AvgIpc) is 2.73. The number of halogens is 2. The lowest BCUT2D eigenvalue weighted by molar-refractivity contribution is 0.103. The van der Waals surface area contributed by atoms with Crippen LogP contribution < -0.4 is 5.32 Å². The SMILES string of the molecule is Cc1csc(C(=O)Nc2ccc(CCCl)cc2)c1Cl. The first kappa shape index (κ1) is 14.4. The van der Waals surface area contributed by atoms with Crippen LogP contribution in [0.1, 0.15) is 20.8 Å². The zero-order valence-electron chi connectivity index (χ0n) is 10.4. The number of nitrogens with one attached hydrogen (secondary N) is 1. The molecule has 1 heterocycles. The second-order valence-corrected chi connectivity index (χ2v) is 5.79. The van der Waals surface area contributed by atoms with Gasteiger partial charge in [-0.25, -0.2) is 0 Å². The summed E-state index contributed by atoms with van der Waals surface area (Å²) in [5, 5.41) is 5.24. The number of thiophene rings is 1. The fourth-order valence-corrected chi connectivity index (χ4v) is 3.03. The number of carbonyl (C=O) groups is 1. The van der Waals surface area contributed by atoms with Crippen molar-refractivity contribution in [1.29, 1.82) is 0 Å². The van der Waals surface area contributed by atoms with Gasteiger partial charge >= 0.3 is 0 Å². The molecule has 0 aliphatic heterocycles. The van der Waals surface area contributed by atoms with Crippen molar-refractivity contribution in [3.05, 3.63) is 50.7 Å². The Labute approximate surface area is 126 Å². The maximum atomic E-state index is 12.1. The molecule has 0 bridgehead atoms. The number of aryl methyl sites for hydroxylation is 2. The molecule has 1 aromatic carbocycles. The van der Waals surface area contributed by atoms with Gasteiger partial charge < -0.3 is 5.32 Å². The van der Waals surface area contributed by atoms with Gasteiger partial charge in [0.15, 0.2) is 0 Å². The van der Waals surface area contributed by atoms with Gasteiger partial charge in [0.05, 0.1) is 5.02 Å².